The van der Waals surface area contributed by atoms with Crippen molar-refractivity contribution in [3.63, 3.8) is 0 Å². The molecule has 1 amide bonds. The first kappa shape index (κ1) is 17.8. The van der Waals surface area contributed by atoms with Crippen LogP contribution in [0.4, 0.5) is 13.2 Å². The molecule has 9 heteroatoms. The van der Waals surface area contributed by atoms with E-state index in [-0.39, 0.29) is 11.1 Å². The maximum atomic E-state index is 12.8. The van der Waals surface area contributed by atoms with Gasteiger partial charge in [0.05, 0.1) is 5.25 Å². The average molecular weight is 370 g/mol. The number of halogens is 3. The molecule has 1 unspecified atom stereocenters. The second-order valence-corrected chi connectivity index (χ2v) is 7.21. The Morgan fingerprint density at radius 2 is 1.92 bits per heavy atom. The van der Waals surface area contributed by atoms with Gasteiger partial charge in [0.25, 0.3) is 0 Å². The molecule has 0 fully saturated rings. The Hall–Kier alpha value is -2.03. The van der Waals surface area contributed by atoms with Crippen LogP contribution in [0.25, 0.3) is 0 Å². The summed E-state index contributed by atoms with van der Waals surface area (Å²) in [6, 6.07) is 7.95. The number of amides is 1. The summed E-state index contributed by atoms with van der Waals surface area (Å²) < 4.78 is 39.2. The summed E-state index contributed by atoms with van der Waals surface area (Å²) in [7, 11) is 1.25. The number of carbonyl (C=O) groups excluding carboxylic acids is 1. The molecule has 0 spiro atoms. The highest BCUT2D eigenvalue weighted by Crippen LogP contribution is 2.31. The Labute approximate surface area is 147 Å². The maximum Gasteiger partial charge on any atom is 0.451 e. The highest BCUT2D eigenvalue weighted by atomic mass is 32.2. The van der Waals surface area contributed by atoms with Crippen molar-refractivity contribution in [2.75, 3.05) is 6.54 Å². The van der Waals surface area contributed by atoms with Crippen LogP contribution in [0.2, 0.25) is 0 Å². The molecule has 0 N–H and O–H groups in total. The fourth-order valence-electron chi connectivity index (χ4n) is 2.81. The molecular weight excluding hydrogens is 353 g/mol. The molecule has 25 heavy (non-hydrogen) atoms. The van der Waals surface area contributed by atoms with E-state index in [1.807, 2.05) is 24.3 Å². The van der Waals surface area contributed by atoms with Crippen LogP contribution in [0.3, 0.4) is 0 Å². The summed E-state index contributed by atoms with van der Waals surface area (Å²) in [4.78, 5) is 14.4. The fraction of sp³-hybridized carbons (Fsp3) is 0.438. The van der Waals surface area contributed by atoms with E-state index in [1.165, 1.54) is 12.6 Å². The molecule has 0 radical (unpaired) electrons. The van der Waals surface area contributed by atoms with Crippen molar-refractivity contribution < 1.29 is 18.0 Å². The average Bonchev–Trinajstić information content (AvgIpc) is 2.94. The van der Waals surface area contributed by atoms with Crippen LogP contribution >= 0.6 is 11.8 Å². The second-order valence-electron chi connectivity index (χ2n) is 5.90. The topological polar surface area (TPSA) is 51.0 Å². The summed E-state index contributed by atoms with van der Waals surface area (Å²) in [6.45, 7) is 2.80. The molecule has 1 aromatic heterocycles. The molecule has 0 saturated carbocycles. The Balaban J connectivity index is 1.69. The number of hydrogen-bond acceptors (Lipinski definition) is 4. The molecule has 3 rings (SSSR count). The zero-order valence-electron chi connectivity index (χ0n) is 13.7. The molecule has 1 aliphatic rings. The van der Waals surface area contributed by atoms with Crippen LogP contribution in [-0.2, 0) is 31.0 Å². The van der Waals surface area contributed by atoms with Gasteiger partial charge in [-0.05, 0) is 24.5 Å². The lowest BCUT2D eigenvalue weighted by Crippen LogP contribution is -2.40. The third-order valence-corrected chi connectivity index (χ3v) is 5.28. The number of carbonyl (C=O) groups is 1. The van der Waals surface area contributed by atoms with E-state index < -0.39 is 17.3 Å². The van der Waals surface area contributed by atoms with E-state index in [1.54, 1.807) is 11.8 Å². The van der Waals surface area contributed by atoms with Gasteiger partial charge in [-0.15, -0.1) is 10.2 Å². The SMILES string of the molecule is CC(Sc1nnc(C(F)(F)F)n1C)C(=O)N1CCc2ccccc2C1. The van der Waals surface area contributed by atoms with Crippen LogP contribution < -0.4 is 0 Å². The summed E-state index contributed by atoms with van der Waals surface area (Å²) in [6.07, 6.45) is -3.79. The minimum atomic E-state index is -4.57. The van der Waals surface area contributed by atoms with E-state index in [0.29, 0.717) is 13.1 Å². The van der Waals surface area contributed by atoms with Crippen LogP contribution in [-0.4, -0.2) is 37.4 Å². The third kappa shape index (κ3) is 3.65. The predicted molar refractivity (Wildman–Crippen MR) is 86.9 cm³/mol. The molecule has 0 aliphatic carbocycles. The van der Waals surface area contributed by atoms with E-state index in [9.17, 15) is 18.0 Å². The van der Waals surface area contributed by atoms with Crippen molar-refractivity contribution in [1.82, 2.24) is 19.7 Å². The lowest BCUT2D eigenvalue weighted by molar-refractivity contribution is -0.147. The smallest absolute Gasteiger partial charge is 0.337 e. The first-order valence-corrected chi connectivity index (χ1v) is 8.64. The minimum absolute atomic E-state index is 0.0746. The molecule has 1 atom stereocenters. The van der Waals surface area contributed by atoms with Crippen LogP contribution in [0.15, 0.2) is 29.4 Å². The van der Waals surface area contributed by atoms with Gasteiger partial charge in [0.15, 0.2) is 5.16 Å². The van der Waals surface area contributed by atoms with E-state index in [2.05, 4.69) is 10.2 Å². The number of benzene rings is 1. The van der Waals surface area contributed by atoms with Gasteiger partial charge in [-0.25, -0.2) is 0 Å². The first-order chi connectivity index (χ1) is 11.8. The maximum absolute atomic E-state index is 12.8. The highest BCUT2D eigenvalue weighted by Gasteiger charge is 2.38. The number of fused-ring (bicyclic) bond motifs is 1. The summed E-state index contributed by atoms with van der Waals surface area (Å²) in [5.41, 5.74) is 2.34. The molecule has 2 heterocycles. The summed E-state index contributed by atoms with van der Waals surface area (Å²) in [5, 5.41) is 6.28. The van der Waals surface area contributed by atoms with Crippen LogP contribution in [0.1, 0.15) is 23.9 Å². The normalized spacial score (nSPS) is 15.8. The van der Waals surface area contributed by atoms with Crippen molar-refractivity contribution in [2.24, 2.45) is 7.05 Å². The fourth-order valence-corrected chi connectivity index (χ4v) is 3.71. The van der Waals surface area contributed by atoms with Crippen molar-refractivity contribution in [2.45, 2.75) is 36.5 Å². The van der Waals surface area contributed by atoms with Crippen LogP contribution in [0, 0.1) is 0 Å². The number of aromatic nitrogens is 3. The minimum Gasteiger partial charge on any atom is -0.337 e. The lowest BCUT2D eigenvalue weighted by atomic mass is 10.00. The Morgan fingerprint density at radius 3 is 2.56 bits per heavy atom. The van der Waals surface area contributed by atoms with E-state index in [4.69, 9.17) is 0 Å². The van der Waals surface area contributed by atoms with Gasteiger partial charge in [-0.2, -0.15) is 13.2 Å². The highest BCUT2D eigenvalue weighted by molar-refractivity contribution is 8.00. The van der Waals surface area contributed by atoms with Gasteiger partial charge in [-0.1, -0.05) is 36.0 Å². The van der Waals surface area contributed by atoms with Crippen molar-refractivity contribution in [3.05, 3.63) is 41.2 Å². The number of alkyl halides is 3. The van der Waals surface area contributed by atoms with Crippen molar-refractivity contribution >= 4 is 17.7 Å². The van der Waals surface area contributed by atoms with Gasteiger partial charge in [0, 0.05) is 20.1 Å². The van der Waals surface area contributed by atoms with Crippen molar-refractivity contribution in [1.29, 1.82) is 0 Å². The predicted octanol–water partition coefficient (Wildman–Crippen LogP) is 2.90. The standard InChI is InChI=1S/C16H17F3N4OS/c1-10(25-15-21-20-14(22(15)2)16(17,18)19)13(24)23-8-7-11-5-3-4-6-12(11)9-23/h3-6,10H,7-9H2,1-2H3. The summed E-state index contributed by atoms with van der Waals surface area (Å²) >= 11 is 0.988. The zero-order valence-corrected chi connectivity index (χ0v) is 14.6. The Kier molecular flexibility index (Phi) is 4.77. The molecule has 1 aromatic carbocycles. The summed E-state index contributed by atoms with van der Waals surface area (Å²) in [5.74, 6) is -1.18. The van der Waals surface area contributed by atoms with Gasteiger partial charge >= 0.3 is 6.18 Å². The van der Waals surface area contributed by atoms with Crippen LogP contribution in [0.5, 0.6) is 0 Å². The Morgan fingerprint density at radius 1 is 1.24 bits per heavy atom. The van der Waals surface area contributed by atoms with Gasteiger partial charge < -0.3 is 9.47 Å². The molecule has 1 aliphatic heterocycles. The quantitative estimate of drug-likeness (QED) is 0.780. The van der Waals surface area contributed by atoms with Gasteiger partial charge in [0.1, 0.15) is 0 Å². The molecule has 0 saturated heterocycles. The second kappa shape index (κ2) is 6.70. The van der Waals surface area contributed by atoms with Gasteiger partial charge in [0.2, 0.25) is 11.7 Å². The molecular formula is C16H17F3N4OS. The van der Waals surface area contributed by atoms with E-state index >= 15 is 0 Å². The molecule has 5 nitrogen and oxygen atoms in total. The van der Waals surface area contributed by atoms with E-state index in [0.717, 1.165) is 28.3 Å². The van der Waals surface area contributed by atoms with Crippen molar-refractivity contribution in [3.8, 4) is 0 Å². The van der Waals surface area contributed by atoms with Gasteiger partial charge in [-0.3, -0.25) is 4.79 Å². The number of rotatable bonds is 3. The number of hydrogen-bond donors (Lipinski definition) is 0. The number of thioether (sulfide) groups is 1. The molecule has 2 aromatic rings. The largest absolute Gasteiger partial charge is 0.451 e. The third-order valence-electron chi connectivity index (χ3n) is 4.16. The monoisotopic (exact) mass is 370 g/mol. The zero-order chi connectivity index (χ0) is 18.2. The number of nitrogens with zero attached hydrogens (tertiary/aromatic N) is 4. The molecule has 0 bridgehead atoms. The first-order valence-electron chi connectivity index (χ1n) is 7.76. The lowest BCUT2D eigenvalue weighted by Gasteiger charge is -2.30. The molecule has 134 valence electrons. The Bertz CT molecular complexity index is 790.